The molecule has 0 aliphatic rings. The lowest BCUT2D eigenvalue weighted by Crippen LogP contribution is -2.31. The summed E-state index contributed by atoms with van der Waals surface area (Å²) in [5.41, 5.74) is 0. The summed E-state index contributed by atoms with van der Waals surface area (Å²) < 4.78 is 0. The average Bonchev–Trinajstić information content (AvgIpc) is 1.81. The predicted octanol–water partition coefficient (Wildman–Crippen LogP) is 1.60. The van der Waals surface area contributed by atoms with Crippen LogP contribution in [-0.4, -0.2) is 22.7 Å². The Labute approximate surface area is 65.0 Å². The van der Waals surface area contributed by atoms with Crippen LogP contribution in [0.3, 0.4) is 0 Å². The number of rotatable bonds is 2. The van der Waals surface area contributed by atoms with Crippen LogP contribution in [0.2, 0.25) is 0 Å². The highest BCUT2D eigenvalue weighted by Crippen LogP contribution is 1.97. The number of nitrogens with zero attached hydrogens (tertiary/aromatic N) is 1. The standard InChI is InChI=1S/C6H10ClNO2/c1-3-4-8(5(2)9)6(7)10/h3-4H2,1-2H3. The molecule has 0 atom stereocenters. The maximum atomic E-state index is 10.6. The first-order valence-corrected chi connectivity index (χ1v) is 3.45. The minimum atomic E-state index is -0.700. The van der Waals surface area contributed by atoms with E-state index in [2.05, 4.69) is 0 Å². The molecule has 3 nitrogen and oxygen atoms in total. The molecule has 2 amide bonds. The van der Waals surface area contributed by atoms with Gasteiger partial charge in [-0.05, 0) is 18.0 Å². The number of imide groups is 1. The van der Waals surface area contributed by atoms with Gasteiger partial charge in [-0.25, -0.2) is 0 Å². The zero-order valence-corrected chi connectivity index (χ0v) is 6.81. The van der Waals surface area contributed by atoms with Crippen LogP contribution in [0.5, 0.6) is 0 Å². The van der Waals surface area contributed by atoms with Crippen molar-refractivity contribution in [2.75, 3.05) is 6.54 Å². The molecule has 0 saturated carbocycles. The summed E-state index contributed by atoms with van der Waals surface area (Å²) in [6.45, 7) is 3.59. The molecule has 0 aliphatic carbocycles. The topological polar surface area (TPSA) is 37.4 Å². The molecule has 0 bridgehead atoms. The number of hydrogen-bond donors (Lipinski definition) is 0. The zero-order valence-electron chi connectivity index (χ0n) is 6.06. The second-order valence-electron chi connectivity index (χ2n) is 1.92. The van der Waals surface area contributed by atoms with E-state index in [1.807, 2.05) is 6.92 Å². The number of hydrogen-bond acceptors (Lipinski definition) is 2. The molecule has 0 aliphatic heterocycles. The van der Waals surface area contributed by atoms with Gasteiger partial charge in [0.1, 0.15) is 0 Å². The van der Waals surface area contributed by atoms with Gasteiger partial charge in [-0.15, -0.1) is 0 Å². The summed E-state index contributed by atoms with van der Waals surface area (Å²) in [5, 5.41) is -0.700. The van der Waals surface area contributed by atoms with E-state index in [9.17, 15) is 9.59 Å². The molecule has 58 valence electrons. The second-order valence-corrected chi connectivity index (χ2v) is 2.25. The summed E-state index contributed by atoms with van der Waals surface area (Å²) in [5.74, 6) is -0.304. The smallest absolute Gasteiger partial charge is 0.275 e. The van der Waals surface area contributed by atoms with Gasteiger partial charge in [0.15, 0.2) is 0 Å². The van der Waals surface area contributed by atoms with Crippen LogP contribution in [0.1, 0.15) is 20.3 Å². The average molecular weight is 164 g/mol. The van der Waals surface area contributed by atoms with Crippen LogP contribution in [-0.2, 0) is 4.79 Å². The van der Waals surface area contributed by atoms with Crippen molar-refractivity contribution in [2.24, 2.45) is 0 Å². The number of halogens is 1. The van der Waals surface area contributed by atoms with Crippen molar-refractivity contribution in [2.45, 2.75) is 20.3 Å². The Morgan fingerprint density at radius 2 is 2.00 bits per heavy atom. The van der Waals surface area contributed by atoms with Gasteiger partial charge in [0.2, 0.25) is 5.91 Å². The van der Waals surface area contributed by atoms with E-state index in [0.29, 0.717) is 6.54 Å². The third-order valence-electron chi connectivity index (χ3n) is 1.04. The van der Waals surface area contributed by atoms with Crippen LogP contribution in [0.25, 0.3) is 0 Å². The normalized spacial score (nSPS) is 9.10. The highest BCUT2D eigenvalue weighted by Gasteiger charge is 2.12. The Balaban J connectivity index is 3.98. The summed E-state index contributed by atoms with van der Waals surface area (Å²) in [6.07, 6.45) is 0.734. The monoisotopic (exact) mass is 163 g/mol. The maximum Gasteiger partial charge on any atom is 0.323 e. The molecule has 10 heavy (non-hydrogen) atoms. The number of carbonyl (C=O) groups excluding carboxylic acids is 2. The lowest BCUT2D eigenvalue weighted by molar-refractivity contribution is -0.125. The molecule has 0 radical (unpaired) electrons. The highest BCUT2D eigenvalue weighted by atomic mass is 35.5. The number of carbonyl (C=O) groups is 2. The third-order valence-corrected chi connectivity index (χ3v) is 1.24. The van der Waals surface area contributed by atoms with Crippen molar-refractivity contribution in [3.63, 3.8) is 0 Å². The van der Waals surface area contributed by atoms with Crippen molar-refractivity contribution >= 4 is 22.9 Å². The van der Waals surface area contributed by atoms with Gasteiger partial charge >= 0.3 is 5.37 Å². The van der Waals surface area contributed by atoms with Crippen molar-refractivity contribution in [3.8, 4) is 0 Å². The molecule has 0 fully saturated rings. The summed E-state index contributed by atoms with van der Waals surface area (Å²) in [7, 11) is 0. The highest BCUT2D eigenvalue weighted by molar-refractivity contribution is 6.63. The minimum Gasteiger partial charge on any atom is -0.275 e. The molecule has 0 saturated heterocycles. The first kappa shape index (κ1) is 9.43. The van der Waals surface area contributed by atoms with E-state index in [1.54, 1.807) is 0 Å². The molecule has 0 spiro atoms. The SMILES string of the molecule is CCCN(C(C)=O)C(=O)Cl. The molecule has 0 unspecified atom stereocenters. The summed E-state index contributed by atoms with van der Waals surface area (Å²) in [4.78, 5) is 22.0. The molecule has 0 heterocycles. The first-order chi connectivity index (χ1) is 4.59. The largest absolute Gasteiger partial charge is 0.323 e. The predicted molar refractivity (Wildman–Crippen MR) is 38.9 cm³/mol. The Morgan fingerprint density at radius 1 is 1.50 bits per heavy atom. The molecular weight excluding hydrogens is 154 g/mol. The van der Waals surface area contributed by atoms with Crippen molar-refractivity contribution < 1.29 is 9.59 Å². The lowest BCUT2D eigenvalue weighted by atomic mass is 10.4. The van der Waals surface area contributed by atoms with Crippen molar-refractivity contribution in [1.29, 1.82) is 0 Å². The Morgan fingerprint density at radius 3 is 2.10 bits per heavy atom. The molecule has 0 aromatic rings. The summed E-state index contributed by atoms with van der Waals surface area (Å²) >= 11 is 5.08. The lowest BCUT2D eigenvalue weighted by Gasteiger charge is -2.13. The fourth-order valence-corrected chi connectivity index (χ4v) is 0.796. The Kier molecular flexibility index (Phi) is 4.03. The van der Waals surface area contributed by atoms with E-state index >= 15 is 0 Å². The molecule has 0 aromatic heterocycles. The molecular formula is C6H10ClNO2. The van der Waals surface area contributed by atoms with E-state index in [4.69, 9.17) is 11.6 Å². The van der Waals surface area contributed by atoms with Crippen LogP contribution in [0.4, 0.5) is 4.79 Å². The van der Waals surface area contributed by atoms with Gasteiger partial charge in [0.05, 0.1) is 0 Å². The van der Waals surface area contributed by atoms with Crippen molar-refractivity contribution in [3.05, 3.63) is 0 Å². The fraction of sp³-hybridized carbons (Fsp3) is 0.667. The number of amides is 2. The Hall–Kier alpha value is -0.570. The maximum absolute atomic E-state index is 10.6. The van der Waals surface area contributed by atoms with E-state index in [1.165, 1.54) is 6.92 Å². The molecule has 0 rings (SSSR count). The van der Waals surface area contributed by atoms with Crippen LogP contribution >= 0.6 is 11.6 Å². The van der Waals surface area contributed by atoms with E-state index < -0.39 is 5.37 Å². The van der Waals surface area contributed by atoms with E-state index in [0.717, 1.165) is 11.3 Å². The van der Waals surface area contributed by atoms with Gasteiger partial charge in [0.25, 0.3) is 0 Å². The quantitative estimate of drug-likeness (QED) is 0.458. The van der Waals surface area contributed by atoms with Crippen LogP contribution in [0.15, 0.2) is 0 Å². The van der Waals surface area contributed by atoms with Gasteiger partial charge in [-0.1, -0.05) is 6.92 Å². The molecule has 0 N–H and O–H groups in total. The molecule has 4 heteroatoms. The fourth-order valence-electron chi connectivity index (χ4n) is 0.593. The van der Waals surface area contributed by atoms with Gasteiger partial charge in [-0.3, -0.25) is 14.5 Å². The second kappa shape index (κ2) is 4.28. The van der Waals surface area contributed by atoms with Gasteiger partial charge < -0.3 is 0 Å². The van der Waals surface area contributed by atoms with Gasteiger partial charge in [0, 0.05) is 13.5 Å². The van der Waals surface area contributed by atoms with E-state index in [-0.39, 0.29) is 5.91 Å². The van der Waals surface area contributed by atoms with Crippen LogP contribution < -0.4 is 0 Å². The van der Waals surface area contributed by atoms with Crippen molar-refractivity contribution in [1.82, 2.24) is 4.90 Å². The third kappa shape index (κ3) is 2.82. The zero-order chi connectivity index (χ0) is 8.15. The summed E-state index contributed by atoms with van der Waals surface area (Å²) in [6, 6.07) is 0. The molecule has 0 aromatic carbocycles. The minimum absolute atomic E-state index is 0.304. The first-order valence-electron chi connectivity index (χ1n) is 3.07. The van der Waals surface area contributed by atoms with Crippen LogP contribution in [0, 0.1) is 0 Å². The Bertz CT molecular complexity index is 133. The van der Waals surface area contributed by atoms with Gasteiger partial charge in [-0.2, -0.15) is 0 Å².